The van der Waals surface area contributed by atoms with Gasteiger partial charge in [0.15, 0.2) is 11.5 Å². The number of methoxy groups -OCH3 is 1. The van der Waals surface area contributed by atoms with Gasteiger partial charge in [-0.3, -0.25) is 0 Å². The first-order valence-corrected chi connectivity index (χ1v) is 8.28. The zero-order chi connectivity index (χ0) is 16.1. The van der Waals surface area contributed by atoms with Gasteiger partial charge in [0.1, 0.15) is 0 Å². The Hall–Kier alpha value is -1.10. The lowest BCUT2D eigenvalue weighted by Crippen LogP contribution is -2.03. The van der Waals surface area contributed by atoms with Crippen LogP contribution >= 0.6 is 39.1 Å². The van der Waals surface area contributed by atoms with Crippen molar-refractivity contribution in [2.45, 2.75) is 13.5 Å². The topological polar surface area (TPSA) is 30.5 Å². The van der Waals surface area contributed by atoms with Gasteiger partial charge in [0.25, 0.3) is 0 Å². The summed E-state index contributed by atoms with van der Waals surface area (Å²) in [7, 11) is 1.62. The number of benzene rings is 2. The molecule has 0 spiro atoms. The molecule has 0 aromatic heterocycles. The second-order valence-corrected chi connectivity index (χ2v) is 6.20. The van der Waals surface area contributed by atoms with Gasteiger partial charge in [0.2, 0.25) is 0 Å². The van der Waals surface area contributed by atoms with E-state index in [4.69, 9.17) is 32.7 Å². The normalized spacial score (nSPS) is 10.4. The zero-order valence-corrected chi connectivity index (χ0v) is 15.3. The average molecular weight is 405 g/mol. The van der Waals surface area contributed by atoms with Crippen LogP contribution in [0.2, 0.25) is 10.0 Å². The Morgan fingerprint density at radius 3 is 2.55 bits per heavy atom. The molecule has 3 nitrogen and oxygen atoms in total. The summed E-state index contributed by atoms with van der Waals surface area (Å²) in [5, 5.41) is 4.48. The Labute approximate surface area is 148 Å². The van der Waals surface area contributed by atoms with E-state index in [2.05, 4.69) is 21.2 Å². The lowest BCUT2D eigenvalue weighted by atomic mass is 10.2. The van der Waals surface area contributed by atoms with Crippen molar-refractivity contribution in [3.05, 3.63) is 50.4 Å². The molecule has 0 heterocycles. The van der Waals surface area contributed by atoms with Crippen LogP contribution in [0.15, 0.2) is 34.8 Å². The highest BCUT2D eigenvalue weighted by Gasteiger charge is 2.10. The molecule has 0 aliphatic carbocycles. The van der Waals surface area contributed by atoms with Crippen molar-refractivity contribution in [3.8, 4) is 11.5 Å². The molecule has 0 unspecified atom stereocenters. The molecule has 1 N–H and O–H groups in total. The fourth-order valence-electron chi connectivity index (χ4n) is 1.96. The second kappa shape index (κ2) is 7.95. The molecule has 2 aromatic carbocycles. The highest BCUT2D eigenvalue weighted by molar-refractivity contribution is 9.10. The third kappa shape index (κ3) is 4.22. The number of hydrogen-bond donors (Lipinski definition) is 1. The van der Waals surface area contributed by atoms with Crippen molar-refractivity contribution in [2.75, 3.05) is 19.0 Å². The van der Waals surface area contributed by atoms with Crippen LogP contribution < -0.4 is 14.8 Å². The van der Waals surface area contributed by atoms with Crippen LogP contribution in [0, 0.1) is 0 Å². The summed E-state index contributed by atoms with van der Waals surface area (Å²) < 4.78 is 11.9. The van der Waals surface area contributed by atoms with Crippen molar-refractivity contribution >= 4 is 44.8 Å². The fourth-order valence-corrected chi connectivity index (χ4v) is 2.90. The minimum atomic E-state index is 0.584. The largest absolute Gasteiger partial charge is 0.493 e. The van der Waals surface area contributed by atoms with Gasteiger partial charge in [-0.25, -0.2) is 0 Å². The summed E-state index contributed by atoms with van der Waals surface area (Å²) >= 11 is 15.6. The monoisotopic (exact) mass is 403 g/mol. The molecule has 0 saturated heterocycles. The van der Waals surface area contributed by atoms with Gasteiger partial charge >= 0.3 is 0 Å². The molecule has 2 rings (SSSR count). The molecule has 22 heavy (non-hydrogen) atoms. The number of anilines is 1. The molecule has 0 bridgehead atoms. The van der Waals surface area contributed by atoms with Gasteiger partial charge in [0, 0.05) is 16.0 Å². The van der Waals surface area contributed by atoms with E-state index in [1.807, 2.05) is 25.1 Å². The molecule has 0 aliphatic rings. The van der Waals surface area contributed by atoms with Gasteiger partial charge in [-0.05, 0) is 42.8 Å². The lowest BCUT2D eigenvalue weighted by molar-refractivity contribution is 0.310. The van der Waals surface area contributed by atoms with Crippen LogP contribution in [0.5, 0.6) is 11.5 Å². The number of rotatable bonds is 6. The number of nitrogens with one attached hydrogen (secondary N) is 1. The first kappa shape index (κ1) is 17.3. The molecular weight excluding hydrogens is 389 g/mol. The molecule has 0 aliphatic heterocycles. The summed E-state index contributed by atoms with van der Waals surface area (Å²) in [5.41, 5.74) is 1.86. The Morgan fingerprint density at radius 2 is 1.91 bits per heavy atom. The highest BCUT2D eigenvalue weighted by Crippen LogP contribution is 2.34. The zero-order valence-electron chi connectivity index (χ0n) is 12.3. The molecular formula is C16H16BrCl2NO2. The Kier molecular flexibility index (Phi) is 6.24. The third-order valence-electron chi connectivity index (χ3n) is 3.03. The van der Waals surface area contributed by atoms with Gasteiger partial charge < -0.3 is 14.8 Å². The SMILES string of the molecule is CCOc1cc(Br)c(CNc2ccc(Cl)cc2Cl)cc1OC. The molecule has 118 valence electrons. The van der Waals surface area contributed by atoms with Crippen LogP contribution in [0.25, 0.3) is 0 Å². The van der Waals surface area contributed by atoms with Crippen LogP contribution in [0.1, 0.15) is 12.5 Å². The van der Waals surface area contributed by atoms with E-state index in [1.54, 1.807) is 19.2 Å². The van der Waals surface area contributed by atoms with Crippen molar-refractivity contribution in [3.63, 3.8) is 0 Å². The maximum Gasteiger partial charge on any atom is 0.162 e. The Balaban J connectivity index is 2.18. The molecule has 0 amide bonds. The number of hydrogen-bond acceptors (Lipinski definition) is 3. The lowest BCUT2D eigenvalue weighted by Gasteiger charge is -2.14. The number of ether oxygens (including phenoxy) is 2. The van der Waals surface area contributed by atoms with Gasteiger partial charge in [0.05, 0.1) is 24.4 Å². The minimum absolute atomic E-state index is 0.584. The summed E-state index contributed by atoms with van der Waals surface area (Å²) in [5.74, 6) is 1.41. The fraction of sp³-hybridized carbons (Fsp3) is 0.250. The van der Waals surface area contributed by atoms with Crippen molar-refractivity contribution in [1.29, 1.82) is 0 Å². The smallest absolute Gasteiger partial charge is 0.162 e. The van der Waals surface area contributed by atoms with E-state index in [0.717, 1.165) is 15.7 Å². The maximum atomic E-state index is 6.16. The van der Waals surface area contributed by atoms with E-state index >= 15 is 0 Å². The van der Waals surface area contributed by atoms with E-state index in [-0.39, 0.29) is 0 Å². The summed E-state index contributed by atoms with van der Waals surface area (Å²) in [4.78, 5) is 0. The minimum Gasteiger partial charge on any atom is -0.493 e. The van der Waals surface area contributed by atoms with Crippen molar-refractivity contribution in [1.82, 2.24) is 0 Å². The first-order chi connectivity index (χ1) is 10.5. The van der Waals surface area contributed by atoms with E-state index in [9.17, 15) is 0 Å². The van der Waals surface area contributed by atoms with Gasteiger partial charge in [-0.15, -0.1) is 0 Å². The predicted molar refractivity (Wildman–Crippen MR) is 95.7 cm³/mol. The van der Waals surface area contributed by atoms with Crippen LogP contribution in [-0.2, 0) is 6.54 Å². The van der Waals surface area contributed by atoms with E-state index < -0.39 is 0 Å². The highest BCUT2D eigenvalue weighted by atomic mass is 79.9. The van der Waals surface area contributed by atoms with Crippen molar-refractivity contribution < 1.29 is 9.47 Å². The van der Waals surface area contributed by atoms with Gasteiger partial charge in [-0.2, -0.15) is 0 Å². The average Bonchev–Trinajstić information content (AvgIpc) is 2.48. The first-order valence-electron chi connectivity index (χ1n) is 6.73. The molecule has 2 aromatic rings. The summed E-state index contributed by atoms with van der Waals surface area (Å²) in [6.45, 7) is 3.11. The van der Waals surface area contributed by atoms with E-state index in [1.165, 1.54) is 0 Å². The molecule has 0 saturated carbocycles. The van der Waals surface area contributed by atoms with Crippen LogP contribution in [0.3, 0.4) is 0 Å². The molecule has 0 fully saturated rings. The summed E-state index contributed by atoms with van der Waals surface area (Å²) in [6.07, 6.45) is 0. The Morgan fingerprint density at radius 1 is 1.14 bits per heavy atom. The maximum absolute atomic E-state index is 6.16. The van der Waals surface area contributed by atoms with Gasteiger partial charge in [-0.1, -0.05) is 39.1 Å². The molecule has 0 radical (unpaired) electrons. The number of halogens is 3. The standard InChI is InChI=1S/C16H16BrCl2NO2/c1-3-22-16-8-12(17)10(6-15(16)21-2)9-20-14-5-4-11(18)7-13(14)19/h4-8,20H,3,9H2,1-2H3. The molecule has 6 heteroatoms. The second-order valence-electron chi connectivity index (χ2n) is 4.51. The van der Waals surface area contributed by atoms with Crippen LogP contribution in [0.4, 0.5) is 5.69 Å². The van der Waals surface area contributed by atoms with E-state index in [0.29, 0.717) is 34.7 Å². The Bertz CT molecular complexity index is 665. The van der Waals surface area contributed by atoms with Crippen LogP contribution in [-0.4, -0.2) is 13.7 Å². The summed E-state index contributed by atoms with van der Waals surface area (Å²) in [6, 6.07) is 9.20. The third-order valence-corrected chi connectivity index (χ3v) is 4.32. The molecule has 0 atom stereocenters. The van der Waals surface area contributed by atoms with Crippen molar-refractivity contribution in [2.24, 2.45) is 0 Å². The quantitative estimate of drug-likeness (QED) is 0.662. The predicted octanol–water partition coefficient (Wildman–Crippen LogP) is 5.78.